The van der Waals surface area contributed by atoms with E-state index in [9.17, 15) is 27.9 Å². The zero-order valence-corrected chi connectivity index (χ0v) is 17.2. The average Bonchev–Trinajstić information content (AvgIpc) is 2.65. The molecule has 162 valence electrons. The van der Waals surface area contributed by atoms with Gasteiger partial charge < -0.3 is 20.5 Å². The van der Waals surface area contributed by atoms with Gasteiger partial charge in [-0.25, -0.2) is 9.59 Å². The van der Waals surface area contributed by atoms with E-state index < -0.39 is 29.3 Å². The van der Waals surface area contributed by atoms with Crippen LogP contribution in [-0.2, 0) is 15.1 Å². The van der Waals surface area contributed by atoms with E-state index in [1.165, 1.54) is 38.1 Å². The number of amides is 2. The number of halogens is 5. The van der Waals surface area contributed by atoms with Gasteiger partial charge in [-0.15, -0.1) is 0 Å². The second kappa shape index (κ2) is 9.11. The van der Waals surface area contributed by atoms with Crippen LogP contribution in [0.4, 0.5) is 29.3 Å². The molecule has 0 heterocycles. The number of esters is 1. The fourth-order valence-electron chi connectivity index (χ4n) is 2.47. The highest BCUT2D eigenvalue weighted by Crippen LogP contribution is 2.41. The fourth-order valence-corrected chi connectivity index (χ4v) is 2.77. The van der Waals surface area contributed by atoms with Crippen molar-refractivity contribution in [2.75, 3.05) is 17.2 Å². The highest BCUT2D eigenvalue weighted by molar-refractivity contribution is 6.42. The lowest BCUT2D eigenvalue weighted by molar-refractivity contribution is -0.267. The normalized spacial score (nSPS) is 13.3. The van der Waals surface area contributed by atoms with Crippen LogP contribution in [0.25, 0.3) is 0 Å². The van der Waals surface area contributed by atoms with E-state index >= 15 is 0 Å². The minimum atomic E-state index is -5.35. The number of benzene rings is 2. The van der Waals surface area contributed by atoms with Crippen molar-refractivity contribution in [1.82, 2.24) is 0 Å². The Morgan fingerprint density at radius 1 is 1.07 bits per heavy atom. The lowest BCUT2D eigenvalue weighted by Crippen LogP contribution is -2.50. The van der Waals surface area contributed by atoms with Crippen LogP contribution in [0.2, 0.25) is 10.0 Å². The Morgan fingerprint density at radius 2 is 1.73 bits per heavy atom. The highest BCUT2D eigenvalue weighted by Gasteiger charge is 2.62. The molecule has 0 aromatic heterocycles. The first-order valence-corrected chi connectivity index (χ1v) is 9.26. The molecule has 2 rings (SSSR count). The highest BCUT2D eigenvalue weighted by atomic mass is 35.5. The third-order valence-electron chi connectivity index (χ3n) is 4.06. The molecule has 1 unspecified atom stereocenters. The quantitative estimate of drug-likeness (QED) is 0.526. The van der Waals surface area contributed by atoms with Crippen molar-refractivity contribution < 1.29 is 32.6 Å². The van der Waals surface area contributed by atoms with E-state index in [0.29, 0.717) is 5.56 Å². The van der Waals surface area contributed by atoms with E-state index in [-0.39, 0.29) is 28.0 Å². The summed E-state index contributed by atoms with van der Waals surface area (Å²) in [6.45, 7) is 2.47. The summed E-state index contributed by atoms with van der Waals surface area (Å²) in [6, 6.07) is 6.53. The van der Waals surface area contributed by atoms with E-state index in [4.69, 9.17) is 23.2 Å². The summed E-state index contributed by atoms with van der Waals surface area (Å²) < 4.78 is 45.0. The fraction of sp³-hybridized carbons (Fsp3) is 0.263. The molecule has 11 heteroatoms. The Labute approximate surface area is 179 Å². The molecule has 2 aromatic carbocycles. The SMILES string of the molecule is CCOC(=O)C(O)(c1ccc(C)c(NC(=O)Nc2ccc(Cl)c(Cl)c2)c1)C(F)(F)F. The molecular formula is C19H17Cl2F3N2O4. The summed E-state index contributed by atoms with van der Waals surface area (Å²) in [5, 5.41) is 15.5. The summed E-state index contributed by atoms with van der Waals surface area (Å²) in [4.78, 5) is 24.2. The number of aliphatic hydroxyl groups is 1. The van der Waals surface area contributed by atoms with Crippen molar-refractivity contribution in [3.05, 3.63) is 57.6 Å². The zero-order valence-electron chi connectivity index (χ0n) is 15.7. The number of carbonyl (C=O) groups excluding carboxylic acids is 2. The average molecular weight is 465 g/mol. The van der Waals surface area contributed by atoms with Gasteiger partial charge in [0.1, 0.15) is 0 Å². The molecule has 3 N–H and O–H groups in total. The van der Waals surface area contributed by atoms with Gasteiger partial charge in [-0.05, 0) is 43.7 Å². The molecule has 30 heavy (non-hydrogen) atoms. The van der Waals surface area contributed by atoms with Crippen LogP contribution in [-0.4, -0.2) is 29.9 Å². The molecule has 2 amide bonds. The third kappa shape index (κ3) is 4.97. The van der Waals surface area contributed by atoms with E-state index in [1.54, 1.807) is 0 Å². The van der Waals surface area contributed by atoms with Gasteiger partial charge in [-0.3, -0.25) is 0 Å². The van der Waals surface area contributed by atoms with Crippen molar-refractivity contribution in [2.24, 2.45) is 0 Å². The van der Waals surface area contributed by atoms with Crippen LogP contribution in [0.15, 0.2) is 36.4 Å². The predicted molar refractivity (Wildman–Crippen MR) is 107 cm³/mol. The van der Waals surface area contributed by atoms with Crippen molar-refractivity contribution in [3.63, 3.8) is 0 Å². The molecule has 0 fully saturated rings. The van der Waals surface area contributed by atoms with Gasteiger partial charge in [-0.2, -0.15) is 13.2 Å². The van der Waals surface area contributed by atoms with Gasteiger partial charge >= 0.3 is 18.2 Å². The topological polar surface area (TPSA) is 87.7 Å². The van der Waals surface area contributed by atoms with E-state index in [0.717, 1.165) is 12.1 Å². The maximum absolute atomic E-state index is 13.5. The van der Waals surface area contributed by atoms with Crippen LogP contribution in [0.1, 0.15) is 18.1 Å². The predicted octanol–water partition coefficient (Wildman–Crippen LogP) is 5.26. The molecule has 0 aliphatic carbocycles. The number of hydrogen-bond acceptors (Lipinski definition) is 4. The molecule has 0 saturated heterocycles. The summed E-state index contributed by atoms with van der Waals surface area (Å²) >= 11 is 11.7. The second-order valence-corrected chi connectivity index (χ2v) is 6.98. The van der Waals surface area contributed by atoms with Crippen molar-refractivity contribution in [1.29, 1.82) is 0 Å². The zero-order chi connectivity index (χ0) is 22.7. The van der Waals surface area contributed by atoms with Crippen LogP contribution < -0.4 is 10.6 Å². The molecule has 1 atom stereocenters. The van der Waals surface area contributed by atoms with Gasteiger partial charge in [-0.1, -0.05) is 35.3 Å². The smallest absolute Gasteiger partial charge is 0.432 e. The number of rotatable bonds is 5. The Balaban J connectivity index is 2.34. The van der Waals surface area contributed by atoms with E-state index in [1.807, 2.05) is 0 Å². The molecule has 2 aromatic rings. The van der Waals surface area contributed by atoms with Crippen molar-refractivity contribution in [2.45, 2.75) is 25.6 Å². The summed E-state index contributed by atoms with van der Waals surface area (Å²) in [5.41, 5.74) is -4.08. The number of ether oxygens (including phenoxy) is 1. The Morgan fingerprint density at radius 3 is 2.30 bits per heavy atom. The molecule has 0 aliphatic rings. The second-order valence-electron chi connectivity index (χ2n) is 6.17. The number of hydrogen-bond donors (Lipinski definition) is 3. The Hall–Kier alpha value is -2.49. The first kappa shape index (κ1) is 23.8. The Kier molecular flexibility index (Phi) is 7.23. The number of alkyl halides is 3. The largest absolute Gasteiger partial charge is 0.463 e. The van der Waals surface area contributed by atoms with E-state index in [2.05, 4.69) is 15.4 Å². The maximum atomic E-state index is 13.5. The van der Waals surface area contributed by atoms with Gasteiger partial charge in [0.15, 0.2) is 0 Å². The van der Waals surface area contributed by atoms with Gasteiger partial charge in [0.05, 0.1) is 16.7 Å². The number of anilines is 2. The standard InChI is InChI=1S/C19H17Cl2F3N2O4/c1-3-30-16(27)18(29,19(22,23)24)11-5-4-10(2)15(8-11)26-17(28)25-12-6-7-13(20)14(21)9-12/h4-9,29H,3H2,1-2H3,(H2,25,26,28). The molecule has 6 nitrogen and oxygen atoms in total. The van der Waals surface area contributed by atoms with Crippen LogP contribution in [0.3, 0.4) is 0 Å². The van der Waals surface area contributed by atoms with Crippen molar-refractivity contribution in [3.8, 4) is 0 Å². The van der Waals surface area contributed by atoms with Crippen LogP contribution in [0, 0.1) is 6.92 Å². The Bertz CT molecular complexity index is 969. The van der Waals surface area contributed by atoms with Gasteiger partial charge in [0.2, 0.25) is 0 Å². The summed E-state index contributed by atoms with van der Waals surface area (Å²) in [6.07, 6.45) is -5.35. The molecule has 0 spiro atoms. The number of nitrogens with one attached hydrogen (secondary N) is 2. The van der Waals surface area contributed by atoms with Crippen LogP contribution >= 0.6 is 23.2 Å². The maximum Gasteiger partial charge on any atom is 0.432 e. The lowest BCUT2D eigenvalue weighted by Gasteiger charge is -2.29. The first-order valence-electron chi connectivity index (χ1n) is 8.50. The minimum absolute atomic E-state index is 0.0583. The van der Waals surface area contributed by atoms with Crippen molar-refractivity contribution >= 4 is 46.6 Å². The minimum Gasteiger partial charge on any atom is -0.463 e. The number of carbonyl (C=O) groups is 2. The number of urea groups is 1. The summed E-state index contributed by atoms with van der Waals surface area (Å²) in [7, 11) is 0. The monoisotopic (exact) mass is 464 g/mol. The third-order valence-corrected chi connectivity index (χ3v) is 4.80. The lowest BCUT2D eigenvalue weighted by atomic mass is 9.91. The first-order chi connectivity index (χ1) is 13.9. The molecule has 0 radical (unpaired) electrons. The molecular weight excluding hydrogens is 448 g/mol. The van der Waals surface area contributed by atoms with Gasteiger partial charge in [0, 0.05) is 16.9 Å². The van der Waals surface area contributed by atoms with Crippen LogP contribution in [0.5, 0.6) is 0 Å². The molecule has 0 saturated carbocycles. The molecule has 0 aliphatic heterocycles. The summed E-state index contributed by atoms with van der Waals surface area (Å²) in [5.74, 6) is -1.87. The number of aryl methyl sites for hydroxylation is 1. The van der Waals surface area contributed by atoms with Gasteiger partial charge in [0.25, 0.3) is 5.60 Å². The molecule has 0 bridgehead atoms.